The minimum Gasteiger partial charge on any atom is -0.314 e. The zero-order valence-corrected chi connectivity index (χ0v) is 14.5. The van der Waals surface area contributed by atoms with Gasteiger partial charge in [-0.25, -0.2) is 0 Å². The Morgan fingerprint density at radius 2 is 2.00 bits per heavy atom. The smallest absolute Gasteiger partial charge is 0.279 e. The van der Waals surface area contributed by atoms with Crippen molar-refractivity contribution in [3.8, 4) is 0 Å². The lowest BCUT2D eigenvalue weighted by molar-refractivity contribution is 0.199. The Bertz CT molecular complexity index is 427. The molecule has 1 unspecified atom stereocenters. The van der Waals surface area contributed by atoms with Gasteiger partial charge in [-0.1, -0.05) is 20.8 Å². The van der Waals surface area contributed by atoms with Gasteiger partial charge in [0.05, 0.1) is 0 Å². The van der Waals surface area contributed by atoms with Crippen molar-refractivity contribution in [1.29, 1.82) is 0 Å². The highest BCUT2D eigenvalue weighted by atomic mass is 32.2. The molecule has 0 aromatic heterocycles. The van der Waals surface area contributed by atoms with Gasteiger partial charge in [-0.3, -0.25) is 0 Å². The molecule has 1 heterocycles. The summed E-state index contributed by atoms with van der Waals surface area (Å²) < 4.78 is 29.9. The molecular weight excluding hydrogens is 286 g/mol. The average Bonchev–Trinajstić information content (AvgIpc) is 2.41. The van der Waals surface area contributed by atoms with Crippen LogP contribution >= 0.6 is 0 Å². The molecule has 1 saturated heterocycles. The number of piperidine rings is 1. The lowest BCUT2D eigenvalue weighted by Crippen LogP contribution is -2.58. The summed E-state index contributed by atoms with van der Waals surface area (Å²) in [5, 5.41) is 3.43. The molecule has 2 fully saturated rings. The highest BCUT2D eigenvalue weighted by molar-refractivity contribution is 7.87. The van der Waals surface area contributed by atoms with Crippen molar-refractivity contribution in [3.05, 3.63) is 0 Å². The molecule has 0 amide bonds. The normalized spacial score (nSPS) is 26.8. The van der Waals surface area contributed by atoms with E-state index in [9.17, 15) is 8.42 Å². The van der Waals surface area contributed by atoms with Crippen LogP contribution in [-0.2, 0) is 10.2 Å². The topological polar surface area (TPSA) is 61.4 Å². The molecule has 1 aliphatic carbocycles. The summed E-state index contributed by atoms with van der Waals surface area (Å²) in [5.41, 5.74) is -0.165. The van der Waals surface area contributed by atoms with E-state index in [0.29, 0.717) is 25.0 Å². The third kappa shape index (κ3) is 4.41. The van der Waals surface area contributed by atoms with E-state index in [1.807, 2.05) is 0 Å². The Labute approximate surface area is 130 Å². The van der Waals surface area contributed by atoms with Gasteiger partial charge in [0.2, 0.25) is 0 Å². The van der Waals surface area contributed by atoms with Gasteiger partial charge in [0.25, 0.3) is 10.2 Å². The molecule has 0 aromatic carbocycles. The second kappa shape index (κ2) is 6.94. The van der Waals surface area contributed by atoms with Crippen LogP contribution in [-0.4, -0.2) is 43.9 Å². The largest absolute Gasteiger partial charge is 0.314 e. The van der Waals surface area contributed by atoms with Crippen molar-refractivity contribution in [1.82, 2.24) is 14.3 Å². The van der Waals surface area contributed by atoms with Crippen LogP contribution in [0.3, 0.4) is 0 Å². The SMILES string of the molecule is CCC1(NS(=O)(=O)N2CCCC(CNC(C)C)C2)CCC1. The first-order valence-corrected chi connectivity index (χ1v) is 9.83. The molecular formula is C15H31N3O2S. The molecule has 2 aliphatic rings. The molecule has 1 saturated carbocycles. The van der Waals surface area contributed by atoms with Gasteiger partial charge in [-0.15, -0.1) is 0 Å². The number of hydrogen-bond donors (Lipinski definition) is 2. The van der Waals surface area contributed by atoms with E-state index in [1.54, 1.807) is 4.31 Å². The highest BCUT2D eigenvalue weighted by Crippen LogP contribution is 2.35. The Morgan fingerprint density at radius 3 is 2.52 bits per heavy atom. The van der Waals surface area contributed by atoms with E-state index >= 15 is 0 Å². The maximum atomic E-state index is 12.6. The zero-order chi connectivity index (χ0) is 15.5. The molecule has 0 aromatic rings. The summed E-state index contributed by atoms with van der Waals surface area (Å²) in [6.45, 7) is 8.54. The van der Waals surface area contributed by atoms with E-state index in [0.717, 1.165) is 45.1 Å². The van der Waals surface area contributed by atoms with Crippen LogP contribution in [0, 0.1) is 5.92 Å². The maximum Gasteiger partial charge on any atom is 0.279 e. The van der Waals surface area contributed by atoms with E-state index in [1.165, 1.54) is 0 Å². The van der Waals surface area contributed by atoms with Gasteiger partial charge in [0.1, 0.15) is 0 Å². The van der Waals surface area contributed by atoms with Crippen LogP contribution in [0.5, 0.6) is 0 Å². The fraction of sp³-hybridized carbons (Fsp3) is 1.00. The van der Waals surface area contributed by atoms with Crippen molar-refractivity contribution in [2.45, 2.75) is 70.9 Å². The summed E-state index contributed by atoms with van der Waals surface area (Å²) in [4.78, 5) is 0. The van der Waals surface area contributed by atoms with E-state index < -0.39 is 10.2 Å². The summed E-state index contributed by atoms with van der Waals surface area (Å²) in [7, 11) is -3.33. The fourth-order valence-corrected chi connectivity index (χ4v) is 5.08. The van der Waals surface area contributed by atoms with Gasteiger partial charge in [0.15, 0.2) is 0 Å². The highest BCUT2D eigenvalue weighted by Gasteiger charge is 2.41. The molecule has 0 radical (unpaired) electrons. The molecule has 124 valence electrons. The van der Waals surface area contributed by atoms with Gasteiger partial charge in [-0.2, -0.15) is 17.4 Å². The molecule has 2 rings (SSSR count). The molecule has 5 nitrogen and oxygen atoms in total. The predicted molar refractivity (Wildman–Crippen MR) is 86.4 cm³/mol. The summed E-state index contributed by atoms with van der Waals surface area (Å²) >= 11 is 0. The average molecular weight is 317 g/mol. The Hall–Kier alpha value is -0.170. The van der Waals surface area contributed by atoms with Gasteiger partial charge >= 0.3 is 0 Å². The number of nitrogens with zero attached hydrogens (tertiary/aromatic N) is 1. The van der Waals surface area contributed by atoms with Crippen molar-refractivity contribution >= 4 is 10.2 Å². The van der Waals surface area contributed by atoms with E-state index in [-0.39, 0.29) is 5.54 Å². The van der Waals surface area contributed by atoms with Crippen LogP contribution in [0.4, 0.5) is 0 Å². The standard InChI is InChI=1S/C15H31N3O2S/c1-4-15(8-6-9-15)17-21(19,20)18-10-5-7-14(12-18)11-16-13(2)3/h13-14,16-17H,4-12H2,1-3H3. The Morgan fingerprint density at radius 1 is 1.29 bits per heavy atom. The maximum absolute atomic E-state index is 12.6. The van der Waals surface area contributed by atoms with E-state index in [2.05, 4.69) is 30.8 Å². The van der Waals surface area contributed by atoms with Crippen molar-refractivity contribution in [2.75, 3.05) is 19.6 Å². The van der Waals surface area contributed by atoms with Gasteiger partial charge in [0, 0.05) is 24.7 Å². The minimum atomic E-state index is -3.33. The van der Waals surface area contributed by atoms with Crippen LogP contribution in [0.1, 0.15) is 59.3 Å². The molecule has 1 aliphatic heterocycles. The van der Waals surface area contributed by atoms with Crippen LogP contribution < -0.4 is 10.0 Å². The second-order valence-corrected chi connectivity index (χ2v) is 8.69. The van der Waals surface area contributed by atoms with Crippen LogP contribution in [0.15, 0.2) is 0 Å². The summed E-state index contributed by atoms with van der Waals surface area (Å²) in [5.74, 6) is 0.427. The van der Waals surface area contributed by atoms with E-state index in [4.69, 9.17) is 0 Å². The van der Waals surface area contributed by atoms with Gasteiger partial charge < -0.3 is 5.32 Å². The summed E-state index contributed by atoms with van der Waals surface area (Å²) in [6.07, 6.45) is 6.06. The van der Waals surface area contributed by atoms with Crippen molar-refractivity contribution in [2.24, 2.45) is 5.92 Å². The Balaban J connectivity index is 1.93. The third-order valence-corrected chi connectivity index (χ3v) is 6.67. The first-order valence-electron chi connectivity index (χ1n) is 8.39. The molecule has 0 bridgehead atoms. The van der Waals surface area contributed by atoms with Crippen molar-refractivity contribution < 1.29 is 8.42 Å². The summed E-state index contributed by atoms with van der Waals surface area (Å²) in [6, 6.07) is 0.452. The molecule has 0 spiro atoms. The fourth-order valence-electron chi connectivity index (χ4n) is 3.28. The molecule has 2 N–H and O–H groups in total. The molecule has 21 heavy (non-hydrogen) atoms. The monoisotopic (exact) mass is 317 g/mol. The van der Waals surface area contributed by atoms with Gasteiger partial charge in [-0.05, 0) is 51.0 Å². The lowest BCUT2D eigenvalue weighted by Gasteiger charge is -2.43. The van der Waals surface area contributed by atoms with Crippen molar-refractivity contribution in [3.63, 3.8) is 0 Å². The number of hydrogen-bond acceptors (Lipinski definition) is 3. The second-order valence-electron chi connectivity index (χ2n) is 7.02. The number of rotatable bonds is 7. The quantitative estimate of drug-likeness (QED) is 0.753. The predicted octanol–water partition coefficient (Wildman–Crippen LogP) is 1.86. The third-order valence-electron chi connectivity index (χ3n) is 4.97. The Kier molecular flexibility index (Phi) is 5.68. The zero-order valence-electron chi connectivity index (χ0n) is 13.7. The minimum absolute atomic E-state index is 0.165. The molecule has 6 heteroatoms. The first kappa shape index (κ1) is 17.2. The van der Waals surface area contributed by atoms with Crippen LogP contribution in [0.25, 0.3) is 0 Å². The van der Waals surface area contributed by atoms with Crippen LogP contribution in [0.2, 0.25) is 0 Å². The number of nitrogens with one attached hydrogen (secondary N) is 2. The first-order chi connectivity index (χ1) is 9.87. The lowest BCUT2D eigenvalue weighted by atomic mass is 9.76. The molecule has 1 atom stereocenters.